The molecule has 0 aromatic carbocycles. The zero-order valence-corrected chi connectivity index (χ0v) is 10.9. The minimum Gasteiger partial charge on any atom is -0.364 e. The minimum atomic E-state index is 0.596. The Morgan fingerprint density at radius 3 is 2.76 bits per heavy atom. The average molecular weight is 235 g/mol. The lowest BCUT2D eigenvalue weighted by atomic mass is 10.0. The Morgan fingerprint density at radius 1 is 1.29 bits per heavy atom. The van der Waals surface area contributed by atoms with Crippen molar-refractivity contribution in [2.24, 2.45) is 0 Å². The standard InChI is InChI=1S/C14H25N3/c1-2-3-4-7-14(13-6-5-8-16-13)17-11-9-15-10-12-17/h5-6,8,14-16H,2-4,7,9-12H2,1H3/t14-/m1/s1. The van der Waals surface area contributed by atoms with E-state index in [2.05, 4.69) is 34.3 Å². The highest BCUT2D eigenvalue weighted by Gasteiger charge is 2.21. The number of hydrogen-bond donors (Lipinski definition) is 2. The first-order valence-corrected chi connectivity index (χ1v) is 7.00. The van der Waals surface area contributed by atoms with Crippen molar-refractivity contribution in [3.05, 3.63) is 24.0 Å². The Morgan fingerprint density at radius 2 is 2.12 bits per heavy atom. The third-order valence-corrected chi connectivity index (χ3v) is 3.65. The predicted octanol–water partition coefficient (Wildman–Crippen LogP) is 2.54. The molecule has 96 valence electrons. The van der Waals surface area contributed by atoms with E-state index in [9.17, 15) is 0 Å². The number of unbranched alkanes of at least 4 members (excludes halogenated alkanes) is 2. The first-order chi connectivity index (χ1) is 8.42. The summed E-state index contributed by atoms with van der Waals surface area (Å²) in [7, 11) is 0. The molecule has 0 spiro atoms. The molecule has 2 heterocycles. The highest BCUT2D eigenvalue weighted by atomic mass is 15.2. The van der Waals surface area contributed by atoms with E-state index in [1.807, 2.05) is 6.20 Å². The zero-order chi connectivity index (χ0) is 11.9. The molecule has 0 radical (unpaired) electrons. The molecule has 1 aromatic heterocycles. The topological polar surface area (TPSA) is 31.1 Å². The third kappa shape index (κ3) is 3.58. The van der Waals surface area contributed by atoms with E-state index in [-0.39, 0.29) is 0 Å². The maximum atomic E-state index is 3.43. The van der Waals surface area contributed by atoms with Gasteiger partial charge in [-0.15, -0.1) is 0 Å². The molecule has 2 rings (SSSR count). The van der Waals surface area contributed by atoms with Gasteiger partial charge >= 0.3 is 0 Å². The van der Waals surface area contributed by atoms with E-state index in [1.54, 1.807) is 0 Å². The molecule has 1 saturated heterocycles. The SMILES string of the molecule is CCCCC[C@H](c1ccc[nH]1)N1CCNCC1. The van der Waals surface area contributed by atoms with Gasteiger partial charge in [-0.1, -0.05) is 26.2 Å². The van der Waals surface area contributed by atoms with Crippen molar-refractivity contribution in [2.75, 3.05) is 26.2 Å². The molecule has 0 amide bonds. The van der Waals surface area contributed by atoms with Crippen molar-refractivity contribution < 1.29 is 0 Å². The van der Waals surface area contributed by atoms with Crippen molar-refractivity contribution in [3.63, 3.8) is 0 Å². The summed E-state index contributed by atoms with van der Waals surface area (Å²) >= 11 is 0. The van der Waals surface area contributed by atoms with Crippen LogP contribution in [0.3, 0.4) is 0 Å². The van der Waals surface area contributed by atoms with E-state index in [4.69, 9.17) is 0 Å². The largest absolute Gasteiger partial charge is 0.364 e. The molecule has 0 unspecified atom stereocenters. The minimum absolute atomic E-state index is 0.596. The van der Waals surface area contributed by atoms with E-state index >= 15 is 0 Å². The second kappa shape index (κ2) is 6.82. The molecule has 17 heavy (non-hydrogen) atoms. The lowest BCUT2D eigenvalue weighted by molar-refractivity contribution is 0.160. The first kappa shape index (κ1) is 12.7. The summed E-state index contributed by atoms with van der Waals surface area (Å²) in [6, 6.07) is 4.95. The van der Waals surface area contributed by atoms with Crippen molar-refractivity contribution in [1.82, 2.24) is 15.2 Å². The predicted molar refractivity (Wildman–Crippen MR) is 72.1 cm³/mol. The molecule has 1 aliphatic heterocycles. The molecule has 1 atom stereocenters. The fraction of sp³-hybridized carbons (Fsp3) is 0.714. The highest BCUT2D eigenvalue weighted by molar-refractivity contribution is 5.09. The molecule has 1 aliphatic rings. The van der Waals surface area contributed by atoms with Gasteiger partial charge in [0.25, 0.3) is 0 Å². The Hall–Kier alpha value is -0.800. The fourth-order valence-corrected chi connectivity index (χ4v) is 2.67. The summed E-state index contributed by atoms with van der Waals surface area (Å²) in [5.74, 6) is 0. The van der Waals surface area contributed by atoms with Crippen LogP contribution in [-0.4, -0.2) is 36.1 Å². The number of nitrogens with one attached hydrogen (secondary N) is 2. The number of aromatic nitrogens is 1. The average Bonchev–Trinajstić information content (AvgIpc) is 2.89. The van der Waals surface area contributed by atoms with Crippen LogP contribution in [0, 0.1) is 0 Å². The zero-order valence-electron chi connectivity index (χ0n) is 10.9. The Balaban J connectivity index is 1.96. The summed E-state index contributed by atoms with van der Waals surface area (Å²) < 4.78 is 0. The van der Waals surface area contributed by atoms with Crippen molar-refractivity contribution in [3.8, 4) is 0 Å². The van der Waals surface area contributed by atoms with Crippen molar-refractivity contribution >= 4 is 0 Å². The number of nitrogens with zero attached hydrogens (tertiary/aromatic N) is 1. The Bertz CT molecular complexity index is 288. The molecule has 3 nitrogen and oxygen atoms in total. The van der Waals surface area contributed by atoms with E-state index in [0.717, 1.165) is 13.1 Å². The van der Waals surface area contributed by atoms with Crippen LogP contribution in [0.4, 0.5) is 0 Å². The van der Waals surface area contributed by atoms with Gasteiger partial charge in [0.1, 0.15) is 0 Å². The van der Waals surface area contributed by atoms with Crippen LogP contribution < -0.4 is 5.32 Å². The summed E-state index contributed by atoms with van der Waals surface area (Å²) in [5, 5.41) is 3.43. The van der Waals surface area contributed by atoms with Gasteiger partial charge in [-0.2, -0.15) is 0 Å². The van der Waals surface area contributed by atoms with Gasteiger partial charge in [0.05, 0.1) is 0 Å². The van der Waals surface area contributed by atoms with Crippen LogP contribution in [-0.2, 0) is 0 Å². The van der Waals surface area contributed by atoms with Gasteiger partial charge in [0, 0.05) is 44.1 Å². The quantitative estimate of drug-likeness (QED) is 0.742. The van der Waals surface area contributed by atoms with Gasteiger partial charge in [0.15, 0.2) is 0 Å². The van der Waals surface area contributed by atoms with Crippen LogP contribution in [0.15, 0.2) is 18.3 Å². The van der Waals surface area contributed by atoms with E-state index in [1.165, 1.54) is 44.5 Å². The van der Waals surface area contributed by atoms with E-state index in [0.29, 0.717) is 6.04 Å². The van der Waals surface area contributed by atoms with Crippen LogP contribution in [0.5, 0.6) is 0 Å². The van der Waals surface area contributed by atoms with Crippen LogP contribution in [0.1, 0.15) is 44.3 Å². The molecule has 0 saturated carbocycles. The molecule has 2 N–H and O–H groups in total. The maximum Gasteiger partial charge on any atom is 0.0499 e. The fourth-order valence-electron chi connectivity index (χ4n) is 2.67. The van der Waals surface area contributed by atoms with Gasteiger partial charge in [-0.3, -0.25) is 4.90 Å². The van der Waals surface area contributed by atoms with Gasteiger partial charge < -0.3 is 10.3 Å². The smallest absolute Gasteiger partial charge is 0.0499 e. The molecule has 1 fully saturated rings. The number of hydrogen-bond acceptors (Lipinski definition) is 2. The lowest BCUT2D eigenvalue weighted by Crippen LogP contribution is -2.45. The Kier molecular flexibility index (Phi) is 5.08. The molecule has 3 heteroatoms. The maximum absolute atomic E-state index is 3.43. The number of aromatic amines is 1. The third-order valence-electron chi connectivity index (χ3n) is 3.65. The summed E-state index contributed by atoms with van der Waals surface area (Å²) in [5.41, 5.74) is 1.39. The van der Waals surface area contributed by atoms with Gasteiger partial charge in [-0.25, -0.2) is 0 Å². The molecule has 0 bridgehead atoms. The van der Waals surface area contributed by atoms with Crippen molar-refractivity contribution in [2.45, 2.75) is 38.6 Å². The monoisotopic (exact) mass is 235 g/mol. The van der Waals surface area contributed by atoms with Gasteiger partial charge in [-0.05, 0) is 18.6 Å². The van der Waals surface area contributed by atoms with Gasteiger partial charge in [0.2, 0.25) is 0 Å². The normalized spacial score (nSPS) is 19.4. The number of H-pyrrole nitrogens is 1. The molecule has 1 aromatic rings. The van der Waals surface area contributed by atoms with E-state index < -0.39 is 0 Å². The number of rotatable bonds is 6. The number of piperazine rings is 1. The molecule has 0 aliphatic carbocycles. The molecular weight excluding hydrogens is 210 g/mol. The highest BCUT2D eigenvalue weighted by Crippen LogP contribution is 2.25. The summed E-state index contributed by atoms with van der Waals surface area (Å²) in [6.45, 7) is 6.88. The van der Waals surface area contributed by atoms with Crippen molar-refractivity contribution in [1.29, 1.82) is 0 Å². The second-order valence-corrected chi connectivity index (χ2v) is 4.92. The van der Waals surface area contributed by atoms with Crippen LogP contribution in [0.25, 0.3) is 0 Å². The lowest BCUT2D eigenvalue weighted by Gasteiger charge is -2.34. The Labute approximate surface area is 105 Å². The summed E-state index contributed by atoms with van der Waals surface area (Å²) in [6.07, 6.45) is 7.32. The second-order valence-electron chi connectivity index (χ2n) is 4.92. The summed E-state index contributed by atoms with van der Waals surface area (Å²) in [4.78, 5) is 6.02. The van der Waals surface area contributed by atoms with Crippen LogP contribution in [0.2, 0.25) is 0 Å². The molecular formula is C14H25N3. The first-order valence-electron chi connectivity index (χ1n) is 7.00. The van der Waals surface area contributed by atoms with Crippen LogP contribution >= 0.6 is 0 Å².